The number of benzene rings is 2. The van der Waals surface area contributed by atoms with Crippen LogP contribution < -0.4 is 4.74 Å². The van der Waals surface area contributed by atoms with Crippen molar-refractivity contribution in [3.05, 3.63) is 73.1 Å². The molecule has 0 fully saturated rings. The zero-order valence-corrected chi connectivity index (χ0v) is 13.8. The van der Waals surface area contributed by atoms with Gasteiger partial charge < -0.3 is 9.72 Å². The van der Waals surface area contributed by atoms with Crippen molar-refractivity contribution in [2.75, 3.05) is 7.11 Å². The molecule has 0 saturated heterocycles. The molecule has 4 rings (SSSR count). The number of hydrogen-bond donors (Lipinski definition) is 1. The monoisotopic (exact) mass is 331 g/mol. The Hall–Kier alpha value is -3.41. The minimum atomic E-state index is 0.585. The molecule has 6 heteroatoms. The molecular weight excluding hydrogens is 314 g/mol. The quantitative estimate of drug-likeness (QED) is 0.608. The van der Waals surface area contributed by atoms with Crippen molar-refractivity contribution < 1.29 is 4.74 Å². The fourth-order valence-corrected chi connectivity index (χ4v) is 2.88. The third kappa shape index (κ3) is 3.01. The van der Waals surface area contributed by atoms with Gasteiger partial charge in [-0.3, -0.25) is 0 Å². The molecule has 2 heterocycles. The first-order valence-corrected chi connectivity index (χ1v) is 7.93. The number of imidazole rings is 1. The van der Waals surface area contributed by atoms with Crippen molar-refractivity contribution in [2.24, 2.45) is 0 Å². The number of rotatable bonds is 5. The third-order valence-corrected chi connectivity index (χ3v) is 4.05. The molecule has 1 N–H and O–H groups in total. The summed E-state index contributed by atoms with van der Waals surface area (Å²) in [7, 11) is 1.67. The van der Waals surface area contributed by atoms with Crippen LogP contribution in [-0.2, 0) is 6.54 Å². The number of methoxy groups -OCH3 is 1. The Morgan fingerprint density at radius 1 is 1.08 bits per heavy atom. The first-order valence-electron chi connectivity index (χ1n) is 7.93. The molecule has 4 aromatic rings. The molecule has 2 aromatic carbocycles. The summed E-state index contributed by atoms with van der Waals surface area (Å²) in [5.41, 5.74) is 5.05. The number of hydrogen-bond acceptors (Lipinski definition) is 4. The van der Waals surface area contributed by atoms with Gasteiger partial charge in [-0.05, 0) is 18.2 Å². The van der Waals surface area contributed by atoms with E-state index in [2.05, 4.69) is 38.2 Å². The SMILES string of the molecule is COc1ccc(-c2nc[nH]c2-c2ccccc2)cc1Cn1cncn1. The largest absolute Gasteiger partial charge is 0.496 e. The van der Waals surface area contributed by atoms with Crippen molar-refractivity contribution in [1.29, 1.82) is 0 Å². The fourth-order valence-electron chi connectivity index (χ4n) is 2.88. The number of ether oxygens (including phenoxy) is 1. The van der Waals surface area contributed by atoms with E-state index < -0.39 is 0 Å². The van der Waals surface area contributed by atoms with Gasteiger partial charge in [0.15, 0.2) is 0 Å². The second-order valence-corrected chi connectivity index (χ2v) is 5.61. The van der Waals surface area contributed by atoms with E-state index >= 15 is 0 Å². The van der Waals surface area contributed by atoms with Gasteiger partial charge in [-0.2, -0.15) is 5.10 Å². The van der Waals surface area contributed by atoms with Crippen LogP contribution in [0.3, 0.4) is 0 Å². The van der Waals surface area contributed by atoms with Crippen molar-refractivity contribution in [2.45, 2.75) is 6.54 Å². The van der Waals surface area contributed by atoms with Crippen LogP contribution >= 0.6 is 0 Å². The molecular formula is C19H17N5O. The third-order valence-electron chi connectivity index (χ3n) is 4.05. The van der Waals surface area contributed by atoms with Crippen LogP contribution in [0.1, 0.15) is 5.56 Å². The zero-order chi connectivity index (χ0) is 17.1. The van der Waals surface area contributed by atoms with Crippen LogP contribution in [-0.4, -0.2) is 31.8 Å². The summed E-state index contributed by atoms with van der Waals surface area (Å²) in [6.07, 6.45) is 4.94. The van der Waals surface area contributed by atoms with Crippen molar-refractivity contribution in [3.63, 3.8) is 0 Å². The van der Waals surface area contributed by atoms with Gasteiger partial charge >= 0.3 is 0 Å². The van der Waals surface area contributed by atoms with Gasteiger partial charge in [0.25, 0.3) is 0 Å². The number of nitrogens with one attached hydrogen (secondary N) is 1. The van der Waals surface area contributed by atoms with E-state index in [1.54, 1.807) is 24.4 Å². The van der Waals surface area contributed by atoms with E-state index in [4.69, 9.17) is 4.74 Å². The van der Waals surface area contributed by atoms with Crippen LogP contribution in [0, 0.1) is 0 Å². The predicted molar refractivity (Wildman–Crippen MR) is 95.1 cm³/mol. The highest BCUT2D eigenvalue weighted by molar-refractivity contribution is 5.78. The lowest BCUT2D eigenvalue weighted by molar-refractivity contribution is 0.407. The van der Waals surface area contributed by atoms with E-state index in [-0.39, 0.29) is 0 Å². The van der Waals surface area contributed by atoms with Crippen molar-refractivity contribution in [3.8, 4) is 28.3 Å². The Labute approximate surface area is 145 Å². The van der Waals surface area contributed by atoms with Gasteiger partial charge in [0.2, 0.25) is 0 Å². The number of aromatic amines is 1. The first-order chi connectivity index (χ1) is 12.3. The molecule has 0 atom stereocenters. The van der Waals surface area contributed by atoms with Crippen LogP contribution in [0.2, 0.25) is 0 Å². The summed E-state index contributed by atoms with van der Waals surface area (Å²) >= 11 is 0. The maximum Gasteiger partial charge on any atom is 0.137 e. The molecule has 0 saturated carbocycles. The minimum absolute atomic E-state index is 0.585. The summed E-state index contributed by atoms with van der Waals surface area (Å²) in [6.45, 7) is 0.585. The number of H-pyrrole nitrogens is 1. The molecule has 0 spiro atoms. The summed E-state index contributed by atoms with van der Waals surface area (Å²) in [5, 5.41) is 4.17. The molecule has 0 amide bonds. The van der Waals surface area contributed by atoms with E-state index in [0.717, 1.165) is 33.8 Å². The second kappa shape index (κ2) is 6.60. The second-order valence-electron chi connectivity index (χ2n) is 5.61. The van der Waals surface area contributed by atoms with E-state index in [1.165, 1.54) is 6.33 Å². The van der Waals surface area contributed by atoms with Gasteiger partial charge in [0.1, 0.15) is 18.4 Å². The van der Waals surface area contributed by atoms with E-state index in [9.17, 15) is 0 Å². The van der Waals surface area contributed by atoms with Crippen LogP contribution in [0.25, 0.3) is 22.5 Å². The Kier molecular flexibility index (Phi) is 4.00. The lowest BCUT2D eigenvalue weighted by Crippen LogP contribution is -2.02. The normalized spacial score (nSPS) is 10.8. The molecule has 25 heavy (non-hydrogen) atoms. The van der Waals surface area contributed by atoms with Crippen LogP contribution in [0.15, 0.2) is 67.5 Å². The molecule has 2 aromatic heterocycles. The lowest BCUT2D eigenvalue weighted by Gasteiger charge is -2.11. The minimum Gasteiger partial charge on any atom is -0.496 e. The average Bonchev–Trinajstić information content (AvgIpc) is 3.34. The summed E-state index contributed by atoms with van der Waals surface area (Å²) in [4.78, 5) is 11.8. The number of nitrogens with zero attached hydrogens (tertiary/aromatic N) is 4. The summed E-state index contributed by atoms with van der Waals surface area (Å²) < 4.78 is 7.26. The maximum absolute atomic E-state index is 5.49. The Morgan fingerprint density at radius 3 is 2.72 bits per heavy atom. The maximum atomic E-state index is 5.49. The van der Waals surface area contributed by atoms with Crippen molar-refractivity contribution in [1.82, 2.24) is 24.7 Å². The first kappa shape index (κ1) is 15.1. The van der Waals surface area contributed by atoms with E-state index in [0.29, 0.717) is 6.54 Å². The highest BCUT2D eigenvalue weighted by atomic mass is 16.5. The molecule has 0 unspecified atom stereocenters. The highest BCUT2D eigenvalue weighted by Gasteiger charge is 2.13. The van der Waals surface area contributed by atoms with Crippen LogP contribution in [0.5, 0.6) is 5.75 Å². The predicted octanol–water partition coefficient (Wildman–Crippen LogP) is 3.39. The molecule has 0 bridgehead atoms. The topological polar surface area (TPSA) is 68.6 Å². The lowest BCUT2D eigenvalue weighted by atomic mass is 10.0. The van der Waals surface area contributed by atoms with Gasteiger partial charge in [0, 0.05) is 16.7 Å². The van der Waals surface area contributed by atoms with Gasteiger partial charge in [0.05, 0.1) is 31.4 Å². The Bertz CT molecular complexity index is 961. The fraction of sp³-hybridized carbons (Fsp3) is 0.105. The van der Waals surface area contributed by atoms with Crippen molar-refractivity contribution >= 4 is 0 Å². The standard InChI is InChI=1S/C19H17N5O/c1-25-17-8-7-15(9-16(17)10-24-13-20-11-23-24)19-18(21-12-22-19)14-5-3-2-4-6-14/h2-9,11-13H,10H2,1H3,(H,21,22). The summed E-state index contributed by atoms with van der Waals surface area (Å²) in [6, 6.07) is 16.2. The Morgan fingerprint density at radius 2 is 1.96 bits per heavy atom. The molecule has 0 radical (unpaired) electrons. The molecule has 0 aliphatic carbocycles. The highest BCUT2D eigenvalue weighted by Crippen LogP contribution is 2.32. The Balaban J connectivity index is 1.76. The molecule has 0 aliphatic heterocycles. The smallest absolute Gasteiger partial charge is 0.137 e. The van der Waals surface area contributed by atoms with Gasteiger partial charge in [-0.25, -0.2) is 14.6 Å². The molecule has 0 aliphatic rings. The zero-order valence-electron chi connectivity index (χ0n) is 13.8. The van der Waals surface area contributed by atoms with E-state index in [1.807, 2.05) is 30.3 Å². The average molecular weight is 331 g/mol. The van der Waals surface area contributed by atoms with Crippen LogP contribution in [0.4, 0.5) is 0 Å². The summed E-state index contributed by atoms with van der Waals surface area (Å²) in [5.74, 6) is 0.816. The number of aromatic nitrogens is 5. The van der Waals surface area contributed by atoms with Gasteiger partial charge in [-0.1, -0.05) is 30.3 Å². The van der Waals surface area contributed by atoms with Gasteiger partial charge in [-0.15, -0.1) is 0 Å². The molecule has 124 valence electrons. The molecule has 6 nitrogen and oxygen atoms in total.